The minimum Gasteiger partial charge on any atom is -0.476 e. The molecule has 142 valence electrons. The third-order valence-corrected chi connectivity index (χ3v) is 3.92. The molecule has 0 radical (unpaired) electrons. The van der Waals surface area contributed by atoms with Crippen LogP contribution in [0.25, 0.3) is 33.8 Å². The first-order chi connectivity index (χ1) is 13.3. The standard InChI is InChI=1S/C19H11F3N2O4/c20-19(21,22)28-12-6-3-5-11(8-12)16-15(18(25)26)24-17(27-16)14-9-10-4-1-2-7-13(10)23-14/h1-9,23H,(H,25,26). The Morgan fingerprint density at radius 3 is 2.61 bits per heavy atom. The molecular formula is C19H11F3N2O4. The summed E-state index contributed by atoms with van der Waals surface area (Å²) in [7, 11) is 0. The van der Waals surface area contributed by atoms with Crippen molar-refractivity contribution in [1.82, 2.24) is 9.97 Å². The zero-order valence-corrected chi connectivity index (χ0v) is 13.9. The highest BCUT2D eigenvalue weighted by molar-refractivity contribution is 5.93. The van der Waals surface area contributed by atoms with Gasteiger partial charge in [-0.3, -0.25) is 0 Å². The van der Waals surface area contributed by atoms with Crippen LogP contribution < -0.4 is 4.74 Å². The number of fused-ring (bicyclic) bond motifs is 1. The molecule has 6 nitrogen and oxygen atoms in total. The average molecular weight is 388 g/mol. The van der Waals surface area contributed by atoms with Crippen LogP contribution in [0, 0.1) is 0 Å². The van der Waals surface area contributed by atoms with E-state index in [0.717, 1.165) is 23.0 Å². The largest absolute Gasteiger partial charge is 0.573 e. The Morgan fingerprint density at radius 1 is 1.11 bits per heavy atom. The molecule has 28 heavy (non-hydrogen) atoms. The Kier molecular flexibility index (Phi) is 4.07. The third-order valence-electron chi connectivity index (χ3n) is 3.92. The number of aromatic nitrogens is 2. The Balaban J connectivity index is 1.79. The van der Waals surface area contributed by atoms with Gasteiger partial charge in [-0.25, -0.2) is 9.78 Å². The lowest BCUT2D eigenvalue weighted by Gasteiger charge is -2.09. The van der Waals surface area contributed by atoms with Gasteiger partial charge in [0.05, 0.1) is 0 Å². The van der Waals surface area contributed by atoms with E-state index in [9.17, 15) is 23.1 Å². The highest BCUT2D eigenvalue weighted by Gasteiger charge is 2.31. The number of nitrogens with zero attached hydrogens (tertiary/aromatic N) is 1. The maximum absolute atomic E-state index is 12.5. The summed E-state index contributed by atoms with van der Waals surface area (Å²) in [5.41, 5.74) is 0.916. The van der Waals surface area contributed by atoms with E-state index in [1.54, 1.807) is 6.07 Å². The molecule has 0 saturated heterocycles. The zero-order valence-electron chi connectivity index (χ0n) is 13.9. The van der Waals surface area contributed by atoms with E-state index in [0.29, 0.717) is 5.69 Å². The third kappa shape index (κ3) is 3.41. The molecule has 2 N–H and O–H groups in total. The predicted octanol–water partition coefficient (Wildman–Crippen LogP) is 5.09. The number of alkyl halides is 3. The highest BCUT2D eigenvalue weighted by Crippen LogP contribution is 2.33. The van der Waals surface area contributed by atoms with E-state index in [1.165, 1.54) is 12.1 Å². The van der Waals surface area contributed by atoms with Gasteiger partial charge in [0.15, 0.2) is 11.5 Å². The Hall–Kier alpha value is -3.75. The number of carboxylic acids is 1. The first-order valence-corrected chi connectivity index (χ1v) is 7.98. The minimum absolute atomic E-state index is 0.00532. The molecule has 2 heterocycles. The molecule has 0 saturated carbocycles. The van der Waals surface area contributed by atoms with E-state index in [1.807, 2.05) is 24.3 Å². The van der Waals surface area contributed by atoms with Crippen molar-refractivity contribution < 1.29 is 32.2 Å². The molecule has 0 bridgehead atoms. The van der Waals surface area contributed by atoms with Crippen molar-refractivity contribution in [3.05, 3.63) is 60.3 Å². The summed E-state index contributed by atoms with van der Waals surface area (Å²) < 4.78 is 46.8. The fraction of sp³-hybridized carbons (Fsp3) is 0.0526. The van der Waals surface area contributed by atoms with E-state index < -0.39 is 23.8 Å². The maximum atomic E-state index is 12.5. The van der Waals surface area contributed by atoms with Crippen LogP contribution in [0.4, 0.5) is 13.2 Å². The number of carbonyl (C=O) groups is 1. The second kappa shape index (κ2) is 6.45. The van der Waals surface area contributed by atoms with E-state index in [2.05, 4.69) is 14.7 Å². The lowest BCUT2D eigenvalue weighted by atomic mass is 10.1. The summed E-state index contributed by atoms with van der Waals surface area (Å²) in [5, 5.41) is 10.3. The van der Waals surface area contributed by atoms with Crippen LogP contribution in [0.2, 0.25) is 0 Å². The van der Waals surface area contributed by atoms with Crippen LogP contribution in [0.15, 0.2) is 59.0 Å². The molecule has 0 aliphatic heterocycles. The number of aromatic carboxylic acids is 1. The first-order valence-electron chi connectivity index (χ1n) is 7.98. The van der Waals surface area contributed by atoms with Crippen LogP contribution in [0.3, 0.4) is 0 Å². The number of aromatic amines is 1. The fourth-order valence-electron chi connectivity index (χ4n) is 2.80. The normalized spacial score (nSPS) is 11.7. The lowest BCUT2D eigenvalue weighted by Crippen LogP contribution is -2.17. The monoisotopic (exact) mass is 388 g/mol. The minimum atomic E-state index is -4.87. The fourth-order valence-corrected chi connectivity index (χ4v) is 2.80. The Bertz CT molecular complexity index is 1140. The number of ether oxygens (including phenoxy) is 1. The number of carboxylic acid groups (broad SMARTS) is 1. The number of H-pyrrole nitrogens is 1. The Labute approximate surface area is 155 Å². The summed E-state index contributed by atoms with van der Waals surface area (Å²) >= 11 is 0. The SMILES string of the molecule is O=C(O)c1nc(-c2cc3ccccc3[nH]2)oc1-c1cccc(OC(F)(F)F)c1. The van der Waals surface area contributed by atoms with Crippen LogP contribution in [0.5, 0.6) is 5.75 Å². The zero-order chi connectivity index (χ0) is 19.9. The molecule has 4 rings (SSSR count). The van der Waals surface area contributed by atoms with Crippen LogP contribution >= 0.6 is 0 Å². The smallest absolute Gasteiger partial charge is 0.476 e. The van der Waals surface area contributed by atoms with Crippen molar-refractivity contribution in [3.8, 4) is 28.7 Å². The van der Waals surface area contributed by atoms with Gasteiger partial charge in [0.25, 0.3) is 0 Å². The number of nitrogens with one attached hydrogen (secondary N) is 1. The molecule has 2 aromatic heterocycles. The van der Waals surface area contributed by atoms with Crippen LogP contribution in [-0.2, 0) is 0 Å². The second-order valence-corrected chi connectivity index (χ2v) is 5.85. The van der Waals surface area contributed by atoms with Crippen molar-refractivity contribution in [2.24, 2.45) is 0 Å². The van der Waals surface area contributed by atoms with Gasteiger partial charge in [0.2, 0.25) is 5.89 Å². The average Bonchev–Trinajstić information content (AvgIpc) is 3.25. The van der Waals surface area contributed by atoms with Gasteiger partial charge in [-0.1, -0.05) is 30.3 Å². The molecule has 0 atom stereocenters. The van der Waals surface area contributed by atoms with Crippen molar-refractivity contribution in [2.75, 3.05) is 0 Å². The number of hydrogen-bond acceptors (Lipinski definition) is 4. The number of halogens is 3. The van der Waals surface area contributed by atoms with Crippen LogP contribution in [-0.4, -0.2) is 27.4 Å². The van der Waals surface area contributed by atoms with Gasteiger partial charge < -0.3 is 19.2 Å². The molecular weight excluding hydrogens is 377 g/mol. The number of rotatable bonds is 4. The van der Waals surface area contributed by atoms with Gasteiger partial charge in [0.1, 0.15) is 11.4 Å². The van der Waals surface area contributed by atoms with Gasteiger partial charge in [-0.15, -0.1) is 13.2 Å². The molecule has 9 heteroatoms. The predicted molar refractivity (Wildman–Crippen MR) is 92.9 cm³/mol. The van der Waals surface area contributed by atoms with Gasteiger partial charge >= 0.3 is 12.3 Å². The molecule has 0 aliphatic rings. The van der Waals surface area contributed by atoms with Gasteiger partial charge in [-0.2, -0.15) is 0 Å². The van der Waals surface area contributed by atoms with Crippen molar-refractivity contribution in [1.29, 1.82) is 0 Å². The van der Waals surface area contributed by atoms with Gasteiger partial charge in [0, 0.05) is 16.5 Å². The Morgan fingerprint density at radius 2 is 1.89 bits per heavy atom. The number of para-hydroxylation sites is 1. The highest BCUT2D eigenvalue weighted by atomic mass is 19.4. The summed E-state index contributed by atoms with van der Waals surface area (Å²) in [6, 6.07) is 13.9. The maximum Gasteiger partial charge on any atom is 0.573 e. The van der Waals surface area contributed by atoms with Crippen molar-refractivity contribution >= 4 is 16.9 Å². The van der Waals surface area contributed by atoms with Gasteiger partial charge in [-0.05, 0) is 24.3 Å². The van der Waals surface area contributed by atoms with Crippen LogP contribution in [0.1, 0.15) is 10.5 Å². The quantitative estimate of drug-likeness (QED) is 0.509. The topological polar surface area (TPSA) is 88.3 Å². The molecule has 0 fully saturated rings. The van der Waals surface area contributed by atoms with Crippen molar-refractivity contribution in [3.63, 3.8) is 0 Å². The van der Waals surface area contributed by atoms with E-state index in [4.69, 9.17) is 4.42 Å². The summed E-state index contributed by atoms with van der Waals surface area (Å²) in [6.45, 7) is 0. The number of oxazole rings is 1. The van der Waals surface area contributed by atoms with Crippen molar-refractivity contribution in [2.45, 2.75) is 6.36 Å². The summed E-state index contributed by atoms with van der Waals surface area (Å²) in [6.07, 6.45) is -4.87. The first kappa shape index (κ1) is 17.7. The molecule has 0 amide bonds. The lowest BCUT2D eigenvalue weighted by molar-refractivity contribution is -0.274. The summed E-state index contributed by atoms with van der Waals surface area (Å²) in [4.78, 5) is 18.6. The van der Waals surface area contributed by atoms with E-state index in [-0.39, 0.29) is 17.2 Å². The molecule has 0 spiro atoms. The number of benzene rings is 2. The molecule has 2 aromatic carbocycles. The summed E-state index contributed by atoms with van der Waals surface area (Å²) in [5.74, 6) is -2.03. The molecule has 0 aliphatic carbocycles. The van der Waals surface area contributed by atoms with E-state index >= 15 is 0 Å². The molecule has 0 unspecified atom stereocenters. The molecule has 4 aromatic rings. The number of hydrogen-bond donors (Lipinski definition) is 2. The second-order valence-electron chi connectivity index (χ2n) is 5.85.